The lowest BCUT2D eigenvalue weighted by atomic mass is 9.99. The molecule has 1 aliphatic rings. The number of aliphatic hydroxyl groups is 1. The number of aryl methyl sites for hydroxylation is 1. The molecule has 1 amide bonds. The van der Waals surface area contributed by atoms with Crippen LogP contribution in [0.15, 0.2) is 70.7 Å². The normalized spacial score (nSPS) is 17.3. The van der Waals surface area contributed by atoms with Gasteiger partial charge in [-0.1, -0.05) is 32.0 Å². The number of carbonyl (C=O) groups is 2. The van der Waals surface area contributed by atoms with Crippen molar-refractivity contribution >= 4 is 23.1 Å². The lowest BCUT2D eigenvalue weighted by Crippen LogP contribution is -2.29. The molecule has 1 fully saturated rings. The second-order valence-electron chi connectivity index (χ2n) is 8.78. The molecular formula is C28H29NO6. The third kappa shape index (κ3) is 4.94. The molecule has 2 aromatic carbocycles. The van der Waals surface area contributed by atoms with Gasteiger partial charge in [0.15, 0.2) is 0 Å². The van der Waals surface area contributed by atoms with Gasteiger partial charge in [-0.25, -0.2) is 0 Å². The van der Waals surface area contributed by atoms with Crippen LogP contribution in [0.1, 0.15) is 43.9 Å². The molecule has 0 aliphatic carbocycles. The van der Waals surface area contributed by atoms with Crippen LogP contribution < -0.4 is 14.4 Å². The molecule has 7 nitrogen and oxygen atoms in total. The smallest absolute Gasteiger partial charge is 0.300 e. The van der Waals surface area contributed by atoms with E-state index in [1.165, 1.54) is 4.90 Å². The van der Waals surface area contributed by atoms with E-state index in [2.05, 4.69) is 0 Å². The molecule has 35 heavy (non-hydrogen) atoms. The van der Waals surface area contributed by atoms with Gasteiger partial charge in [0.25, 0.3) is 11.7 Å². The van der Waals surface area contributed by atoms with Crippen LogP contribution in [0.2, 0.25) is 0 Å². The van der Waals surface area contributed by atoms with Crippen LogP contribution in [0.25, 0.3) is 5.76 Å². The molecule has 1 aliphatic heterocycles. The summed E-state index contributed by atoms with van der Waals surface area (Å²) in [7, 11) is 0. The highest BCUT2D eigenvalue weighted by Crippen LogP contribution is 2.43. The Kier molecular flexibility index (Phi) is 6.96. The van der Waals surface area contributed by atoms with Crippen LogP contribution in [0, 0.1) is 12.8 Å². The van der Waals surface area contributed by atoms with E-state index in [1.54, 1.807) is 67.6 Å². The zero-order chi connectivity index (χ0) is 25.1. The summed E-state index contributed by atoms with van der Waals surface area (Å²) >= 11 is 0. The molecule has 0 spiro atoms. The van der Waals surface area contributed by atoms with E-state index < -0.39 is 17.7 Å². The first-order valence-corrected chi connectivity index (χ1v) is 11.6. The van der Waals surface area contributed by atoms with Gasteiger partial charge >= 0.3 is 0 Å². The van der Waals surface area contributed by atoms with E-state index in [-0.39, 0.29) is 11.3 Å². The van der Waals surface area contributed by atoms with Crippen molar-refractivity contribution in [3.63, 3.8) is 0 Å². The van der Waals surface area contributed by atoms with Crippen molar-refractivity contribution < 1.29 is 28.6 Å². The number of benzene rings is 2. The number of hydrogen-bond acceptors (Lipinski definition) is 6. The molecule has 1 N–H and O–H groups in total. The van der Waals surface area contributed by atoms with Crippen molar-refractivity contribution in [3.05, 3.63) is 83.3 Å². The third-order valence-electron chi connectivity index (χ3n) is 5.57. The molecule has 1 atom stereocenters. The molecule has 1 unspecified atom stereocenters. The summed E-state index contributed by atoms with van der Waals surface area (Å²) in [5.74, 6) is 0.606. The number of ketones is 1. The number of furan rings is 1. The van der Waals surface area contributed by atoms with E-state index in [9.17, 15) is 14.7 Å². The Morgan fingerprint density at radius 2 is 1.74 bits per heavy atom. The number of aliphatic hydroxyl groups excluding tert-OH is 1. The molecule has 1 aromatic heterocycles. The summed E-state index contributed by atoms with van der Waals surface area (Å²) in [5.41, 5.74) is 0.790. The highest BCUT2D eigenvalue weighted by Gasteiger charge is 2.48. The molecule has 0 bridgehead atoms. The number of anilines is 1. The number of nitrogens with zero attached hydrogens (tertiary/aromatic N) is 1. The first-order valence-electron chi connectivity index (χ1n) is 11.6. The van der Waals surface area contributed by atoms with Gasteiger partial charge < -0.3 is 19.0 Å². The Hall–Kier alpha value is -4.00. The maximum absolute atomic E-state index is 13.3. The third-order valence-corrected chi connectivity index (χ3v) is 5.57. The van der Waals surface area contributed by atoms with Crippen LogP contribution >= 0.6 is 0 Å². The number of hydrogen-bond donors (Lipinski definition) is 1. The highest BCUT2D eigenvalue weighted by molar-refractivity contribution is 6.51. The minimum absolute atomic E-state index is 0.0489. The Bertz CT molecular complexity index is 1270. The standard InChI is InChI=1S/C28H29NO6/c1-5-33-22-11-7-9-20(15-22)29-25(23-13-12-18(4)35-23)24(27(31)28(29)32)26(30)19-8-6-10-21(14-19)34-16-17(2)3/h6-15,17,25,30H,5,16H2,1-4H3/b26-24-. The minimum Gasteiger partial charge on any atom is -0.507 e. The molecule has 7 heteroatoms. The van der Waals surface area contributed by atoms with Gasteiger partial charge in [-0.15, -0.1) is 0 Å². The van der Waals surface area contributed by atoms with Crippen LogP contribution in [-0.4, -0.2) is 30.0 Å². The Morgan fingerprint density at radius 1 is 1.03 bits per heavy atom. The first-order chi connectivity index (χ1) is 16.8. The topological polar surface area (TPSA) is 89.2 Å². The van der Waals surface area contributed by atoms with Gasteiger partial charge in [-0.3, -0.25) is 14.5 Å². The van der Waals surface area contributed by atoms with E-state index in [1.807, 2.05) is 20.8 Å². The summed E-state index contributed by atoms with van der Waals surface area (Å²) < 4.78 is 17.2. The second-order valence-corrected chi connectivity index (χ2v) is 8.78. The largest absolute Gasteiger partial charge is 0.507 e. The average molecular weight is 476 g/mol. The van der Waals surface area contributed by atoms with Gasteiger partial charge in [0.1, 0.15) is 34.8 Å². The van der Waals surface area contributed by atoms with Crippen LogP contribution in [0.5, 0.6) is 11.5 Å². The number of rotatable bonds is 8. The van der Waals surface area contributed by atoms with Gasteiger partial charge in [-0.05, 0) is 56.2 Å². The molecule has 3 aromatic rings. The summed E-state index contributed by atoms with van der Waals surface area (Å²) in [4.78, 5) is 27.9. The van der Waals surface area contributed by atoms with Crippen molar-refractivity contribution in [2.75, 3.05) is 18.1 Å². The molecule has 0 radical (unpaired) electrons. The monoisotopic (exact) mass is 475 g/mol. The van der Waals surface area contributed by atoms with Gasteiger partial charge in [0.05, 0.1) is 18.8 Å². The predicted molar refractivity (Wildman–Crippen MR) is 133 cm³/mol. The lowest BCUT2D eigenvalue weighted by Gasteiger charge is -2.24. The maximum atomic E-state index is 13.3. The zero-order valence-electron chi connectivity index (χ0n) is 20.3. The number of ether oxygens (including phenoxy) is 2. The van der Waals surface area contributed by atoms with Crippen molar-refractivity contribution in [2.45, 2.75) is 33.7 Å². The molecule has 182 valence electrons. The van der Waals surface area contributed by atoms with Crippen LogP contribution in [0.4, 0.5) is 5.69 Å². The van der Waals surface area contributed by atoms with Gasteiger partial charge in [0, 0.05) is 17.3 Å². The number of amides is 1. The molecule has 4 rings (SSSR count). The first kappa shape index (κ1) is 24.1. The van der Waals surface area contributed by atoms with E-state index in [0.717, 1.165) is 0 Å². The molecule has 1 saturated heterocycles. The number of Topliss-reactive ketones (excluding diaryl/α,β-unsaturated/α-hetero) is 1. The fourth-order valence-electron chi connectivity index (χ4n) is 4.01. The summed E-state index contributed by atoms with van der Waals surface area (Å²) in [6.07, 6.45) is 0. The fourth-order valence-corrected chi connectivity index (χ4v) is 4.01. The van der Waals surface area contributed by atoms with Crippen LogP contribution in [0.3, 0.4) is 0 Å². The van der Waals surface area contributed by atoms with Crippen molar-refractivity contribution in [3.8, 4) is 11.5 Å². The summed E-state index contributed by atoms with van der Waals surface area (Å²) in [6.45, 7) is 8.69. The van der Waals surface area contributed by atoms with Gasteiger partial charge in [0.2, 0.25) is 0 Å². The van der Waals surface area contributed by atoms with E-state index >= 15 is 0 Å². The van der Waals surface area contributed by atoms with Gasteiger partial charge in [-0.2, -0.15) is 0 Å². The second kappa shape index (κ2) is 10.1. The lowest BCUT2D eigenvalue weighted by molar-refractivity contribution is -0.132. The van der Waals surface area contributed by atoms with E-state index in [0.29, 0.717) is 53.4 Å². The molecule has 2 heterocycles. The summed E-state index contributed by atoms with van der Waals surface area (Å²) in [6, 6.07) is 16.3. The fraction of sp³-hybridized carbons (Fsp3) is 0.286. The summed E-state index contributed by atoms with van der Waals surface area (Å²) in [5, 5.41) is 11.3. The van der Waals surface area contributed by atoms with Crippen molar-refractivity contribution in [1.29, 1.82) is 0 Å². The predicted octanol–water partition coefficient (Wildman–Crippen LogP) is 5.65. The van der Waals surface area contributed by atoms with Crippen molar-refractivity contribution in [1.82, 2.24) is 0 Å². The van der Waals surface area contributed by atoms with E-state index in [4.69, 9.17) is 13.9 Å². The van der Waals surface area contributed by atoms with Crippen molar-refractivity contribution in [2.24, 2.45) is 5.92 Å². The minimum atomic E-state index is -0.944. The quantitative estimate of drug-likeness (QED) is 0.257. The Balaban J connectivity index is 1.84. The Morgan fingerprint density at radius 3 is 2.40 bits per heavy atom. The highest BCUT2D eigenvalue weighted by atomic mass is 16.5. The number of carbonyl (C=O) groups excluding carboxylic acids is 2. The Labute approximate surface area is 204 Å². The SMILES string of the molecule is CCOc1cccc(N2C(=O)C(=O)/C(=C(\O)c3cccc(OCC(C)C)c3)C2c2ccc(C)o2)c1. The molecular weight excluding hydrogens is 446 g/mol. The van der Waals surface area contributed by atoms with Crippen LogP contribution in [-0.2, 0) is 9.59 Å². The maximum Gasteiger partial charge on any atom is 0.300 e. The average Bonchev–Trinajstić information content (AvgIpc) is 3.38. The molecule has 0 saturated carbocycles. The zero-order valence-corrected chi connectivity index (χ0v) is 20.3.